The highest BCUT2D eigenvalue weighted by atomic mass is 16.5. The van der Waals surface area contributed by atoms with Gasteiger partial charge >= 0.3 is 6.03 Å². The minimum absolute atomic E-state index is 0.145. The van der Waals surface area contributed by atoms with Crippen LogP contribution < -0.4 is 20.1 Å². The molecule has 1 aliphatic heterocycles. The number of carbonyl (C=O) groups excluding carboxylic acids is 1. The molecule has 0 fully saturated rings. The van der Waals surface area contributed by atoms with Crippen LogP contribution in [0.2, 0.25) is 0 Å². The summed E-state index contributed by atoms with van der Waals surface area (Å²) in [5.41, 5.74) is 3.60. The number of nitrogens with one attached hydrogen (secondary N) is 2. The quantitative estimate of drug-likeness (QED) is 0.708. The Morgan fingerprint density at radius 1 is 1.07 bits per heavy atom. The minimum atomic E-state index is -0.145. The Hall–Kier alpha value is -3.13. The van der Waals surface area contributed by atoms with Gasteiger partial charge in [-0.05, 0) is 47.7 Å². The number of fused-ring (bicyclic) bond motifs is 1. The lowest BCUT2D eigenvalue weighted by Gasteiger charge is -2.09. The van der Waals surface area contributed by atoms with Crippen LogP contribution in [0.4, 0.5) is 4.79 Å². The van der Waals surface area contributed by atoms with E-state index in [4.69, 9.17) is 15.9 Å². The molecule has 0 aromatic heterocycles. The molecule has 2 aromatic rings. The summed E-state index contributed by atoms with van der Waals surface area (Å²) < 4.78 is 10.8. The van der Waals surface area contributed by atoms with E-state index in [1.54, 1.807) is 0 Å². The molecule has 0 saturated carbocycles. The number of urea groups is 1. The molecule has 0 spiro atoms. The number of hydrogen-bond acceptors (Lipinski definition) is 3. The number of amides is 2. The first-order chi connectivity index (χ1) is 13.2. The summed E-state index contributed by atoms with van der Waals surface area (Å²) in [5.74, 6) is 4.17. The first-order valence-electron chi connectivity index (χ1n) is 9.16. The van der Waals surface area contributed by atoms with Gasteiger partial charge in [-0.1, -0.05) is 30.2 Å². The Bertz CT molecular complexity index is 809. The molecule has 140 valence electrons. The Morgan fingerprint density at radius 3 is 2.52 bits per heavy atom. The molecule has 0 unspecified atom stereocenters. The maximum atomic E-state index is 11.9. The van der Waals surface area contributed by atoms with Crippen molar-refractivity contribution in [2.24, 2.45) is 0 Å². The highest BCUT2D eigenvalue weighted by molar-refractivity contribution is 5.73. The van der Waals surface area contributed by atoms with E-state index in [0.717, 1.165) is 42.9 Å². The van der Waals surface area contributed by atoms with Crippen molar-refractivity contribution in [3.05, 3.63) is 59.2 Å². The summed E-state index contributed by atoms with van der Waals surface area (Å²) in [4.78, 5) is 11.9. The van der Waals surface area contributed by atoms with Gasteiger partial charge in [0.1, 0.15) is 18.1 Å². The maximum Gasteiger partial charge on any atom is 0.314 e. The number of rotatable bonds is 8. The van der Waals surface area contributed by atoms with Crippen molar-refractivity contribution in [1.29, 1.82) is 0 Å². The van der Waals surface area contributed by atoms with E-state index in [1.807, 2.05) is 30.3 Å². The second kappa shape index (κ2) is 9.54. The topological polar surface area (TPSA) is 59.6 Å². The average Bonchev–Trinajstić information content (AvgIpc) is 3.15. The van der Waals surface area contributed by atoms with E-state index in [9.17, 15) is 4.79 Å². The van der Waals surface area contributed by atoms with Gasteiger partial charge in [0.05, 0.1) is 6.61 Å². The summed E-state index contributed by atoms with van der Waals surface area (Å²) >= 11 is 0. The van der Waals surface area contributed by atoms with Crippen LogP contribution in [-0.4, -0.2) is 32.3 Å². The van der Waals surface area contributed by atoms with Gasteiger partial charge < -0.3 is 20.1 Å². The van der Waals surface area contributed by atoms with Gasteiger partial charge in [-0.25, -0.2) is 4.79 Å². The lowest BCUT2D eigenvalue weighted by atomic mass is 10.1. The van der Waals surface area contributed by atoms with Crippen LogP contribution in [0.1, 0.15) is 16.7 Å². The van der Waals surface area contributed by atoms with E-state index in [-0.39, 0.29) is 12.6 Å². The van der Waals surface area contributed by atoms with Crippen LogP contribution in [0, 0.1) is 12.3 Å². The summed E-state index contributed by atoms with van der Waals surface area (Å²) in [6.45, 7) is 2.21. The van der Waals surface area contributed by atoms with E-state index in [0.29, 0.717) is 13.1 Å². The van der Waals surface area contributed by atoms with Gasteiger partial charge in [0.2, 0.25) is 0 Å². The number of ether oxygens (including phenoxy) is 2. The molecule has 5 nitrogen and oxygen atoms in total. The third kappa shape index (κ3) is 5.68. The number of benzene rings is 2. The van der Waals surface area contributed by atoms with E-state index < -0.39 is 0 Å². The van der Waals surface area contributed by atoms with Crippen molar-refractivity contribution >= 4 is 6.03 Å². The Morgan fingerprint density at radius 2 is 1.78 bits per heavy atom. The monoisotopic (exact) mass is 364 g/mol. The Balaban J connectivity index is 1.32. The highest BCUT2D eigenvalue weighted by Crippen LogP contribution is 2.25. The van der Waals surface area contributed by atoms with Crippen molar-refractivity contribution in [3.63, 3.8) is 0 Å². The molecule has 0 atom stereocenters. The second-order valence-electron chi connectivity index (χ2n) is 6.36. The number of carbonyl (C=O) groups is 1. The third-order valence-electron chi connectivity index (χ3n) is 4.40. The fraction of sp³-hybridized carbons (Fsp3) is 0.318. The molecule has 27 heavy (non-hydrogen) atoms. The largest absolute Gasteiger partial charge is 0.493 e. The molecule has 0 bridgehead atoms. The molecule has 1 aliphatic rings. The fourth-order valence-electron chi connectivity index (χ4n) is 2.98. The van der Waals surface area contributed by atoms with E-state index >= 15 is 0 Å². The molecular formula is C22H24N2O3. The molecule has 5 heteroatoms. The van der Waals surface area contributed by atoms with Crippen molar-refractivity contribution in [1.82, 2.24) is 10.6 Å². The van der Waals surface area contributed by atoms with Crippen LogP contribution in [-0.2, 0) is 19.3 Å². The minimum Gasteiger partial charge on any atom is -0.493 e. The number of terminal acetylenes is 1. The van der Waals surface area contributed by atoms with Gasteiger partial charge in [0.15, 0.2) is 0 Å². The van der Waals surface area contributed by atoms with Gasteiger partial charge in [-0.3, -0.25) is 0 Å². The first kappa shape index (κ1) is 18.7. The smallest absolute Gasteiger partial charge is 0.314 e. The molecule has 2 N–H and O–H groups in total. The molecular weight excluding hydrogens is 340 g/mol. The third-order valence-corrected chi connectivity index (χ3v) is 4.40. The van der Waals surface area contributed by atoms with Gasteiger partial charge in [-0.15, -0.1) is 6.42 Å². The molecule has 1 heterocycles. The Labute approximate surface area is 160 Å². The normalized spacial score (nSPS) is 11.8. The number of hydrogen-bond donors (Lipinski definition) is 2. The predicted molar refractivity (Wildman–Crippen MR) is 105 cm³/mol. The second-order valence-corrected chi connectivity index (χ2v) is 6.36. The van der Waals surface area contributed by atoms with Crippen molar-refractivity contribution in [2.75, 3.05) is 26.3 Å². The highest BCUT2D eigenvalue weighted by Gasteiger charge is 2.11. The molecule has 0 saturated heterocycles. The molecule has 0 aliphatic carbocycles. The Kier molecular flexibility index (Phi) is 6.59. The summed E-state index contributed by atoms with van der Waals surface area (Å²) in [6.07, 6.45) is 7.69. The summed E-state index contributed by atoms with van der Waals surface area (Å²) in [5, 5.41) is 5.78. The lowest BCUT2D eigenvalue weighted by Crippen LogP contribution is -2.37. The van der Waals surface area contributed by atoms with Gasteiger partial charge in [0.25, 0.3) is 0 Å². The standard InChI is InChI=1S/C22H24N2O3/c1-2-14-26-20-6-3-17(4-7-20)9-12-23-22(25)24-13-10-18-5-8-21-19(16-18)11-15-27-21/h1,3-8,16H,9-15H2,(H2,23,24,25). The van der Waals surface area contributed by atoms with Gasteiger partial charge in [-0.2, -0.15) is 0 Å². The van der Waals surface area contributed by atoms with Crippen LogP contribution in [0.5, 0.6) is 11.5 Å². The van der Waals surface area contributed by atoms with E-state index in [2.05, 4.69) is 28.7 Å². The SMILES string of the molecule is C#CCOc1ccc(CCNC(=O)NCCc2ccc3c(c2)CCO3)cc1. The van der Waals surface area contributed by atoms with Crippen molar-refractivity contribution < 1.29 is 14.3 Å². The van der Waals surface area contributed by atoms with Crippen LogP contribution >= 0.6 is 0 Å². The van der Waals surface area contributed by atoms with Gasteiger partial charge in [0, 0.05) is 19.5 Å². The zero-order valence-corrected chi connectivity index (χ0v) is 15.3. The molecule has 2 amide bonds. The summed E-state index contributed by atoms with van der Waals surface area (Å²) in [6, 6.07) is 13.8. The molecule has 2 aromatic carbocycles. The van der Waals surface area contributed by atoms with Crippen LogP contribution in [0.25, 0.3) is 0 Å². The van der Waals surface area contributed by atoms with E-state index in [1.165, 1.54) is 11.1 Å². The average molecular weight is 364 g/mol. The van der Waals surface area contributed by atoms with Crippen LogP contribution in [0.15, 0.2) is 42.5 Å². The predicted octanol–water partition coefficient (Wildman–Crippen LogP) is 2.72. The zero-order chi connectivity index (χ0) is 18.9. The molecule has 0 radical (unpaired) electrons. The first-order valence-corrected chi connectivity index (χ1v) is 9.16. The van der Waals surface area contributed by atoms with Crippen LogP contribution in [0.3, 0.4) is 0 Å². The van der Waals surface area contributed by atoms with Crippen molar-refractivity contribution in [3.8, 4) is 23.8 Å². The maximum absolute atomic E-state index is 11.9. The fourth-order valence-corrected chi connectivity index (χ4v) is 2.98. The lowest BCUT2D eigenvalue weighted by molar-refractivity contribution is 0.241. The molecule has 3 rings (SSSR count). The van der Waals surface area contributed by atoms with Crippen molar-refractivity contribution in [2.45, 2.75) is 19.3 Å². The summed E-state index contributed by atoms with van der Waals surface area (Å²) in [7, 11) is 0. The zero-order valence-electron chi connectivity index (χ0n) is 15.3.